The van der Waals surface area contributed by atoms with Gasteiger partial charge in [0.2, 0.25) is 0 Å². The van der Waals surface area contributed by atoms with Crippen molar-refractivity contribution in [3.63, 3.8) is 0 Å². The molecule has 0 heterocycles. The third-order valence-electron chi connectivity index (χ3n) is 3.06. The molecule has 0 radical (unpaired) electrons. The Balaban J connectivity index is 3.16. The van der Waals surface area contributed by atoms with E-state index in [4.69, 9.17) is 4.74 Å². The molecule has 20 heavy (non-hydrogen) atoms. The van der Waals surface area contributed by atoms with Gasteiger partial charge in [0.1, 0.15) is 6.10 Å². The fourth-order valence-corrected chi connectivity index (χ4v) is 2.66. The van der Waals surface area contributed by atoms with E-state index in [0.29, 0.717) is 0 Å². The lowest BCUT2D eigenvalue weighted by atomic mass is 9.84. The third-order valence-corrected chi connectivity index (χ3v) is 3.06. The second-order valence-corrected chi connectivity index (χ2v) is 6.06. The Labute approximate surface area is 124 Å². The molecule has 4 nitrogen and oxygen atoms in total. The van der Waals surface area contributed by atoms with Gasteiger partial charge in [-0.2, -0.15) is 0 Å². The SMILES string of the molecule is COC1/C(=C\N(C)C)C/C(=C\N(C)C)C/C1=C\N(C)C. The van der Waals surface area contributed by atoms with Crippen molar-refractivity contribution in [1.82, 2.24) is 14.7 Å². The lowest BCUT2D eigenvalue weighted by Crippen LogP contribution is -2.26. The summed E-state index contributed by atoms with van der Waals surface area (Å²) in [4.78, 5) is 6.30. The fourth-order valence-electron chi connectivity index (χ4n) is 2.66. The van der Waals surface area contributed by atoms with Crippen LogP contribution in [0.25, 0.3) is 0 Å². The van der Waals surface area contributed by atoms with Crippen LogP contribution in [0.15, 0.2) is 35.3 Å². The zero-order valence-electron chi connectivity index (χ0n) is 14.0. The van der Waals surface area contributed by atoms with Crippen molar-refractivity contribution in [3.05, 3.63) is 35.3 Å². The van der Waals surface area contributed by atoms with Gasteiger partial charge in [-0.25, -0.2) is 0 Å². The Morgan fingerprint density at radius 2 is 1.20 bits per heavy atom. The first-order chi connectivity index (χ1) is 9.33. The molecule has 0 spiro atoms. The Morgan fingerprint density at radius 3 is 1.50 bits per heavy atom. The maximum atomic E-state index is 5.74. The molecule has 0 N–H and O–H groups in total. The van der Waals surface area contributed by atoms with E-state index in [1.54, 1.807) is 7.11 Å². The predicted molar refractivity (Wildman–Crippen MR) is 85.3 cm³/mol. The van der Waals surface area contributed by atoms with Crippen LogP contribution in [-0.4, -0.2) is 70.2 Å². The minimum absolute atomic E-state index is 0.0825. The standard InChI is InChI=1S/C16H29N3O/c1-17(2)10-13-8-14(11-18(3)4)16(20-7)15(9-13)12-19(5)6/h10-12,16H,8-9H2,1-7H3/b13-10-,14-11+,15-12-. The molecule has 1 aliphatic rings. The van der Waals surface area contributed by atoms with Gasteiger partial charge in [0.05, 0.1) is 0 Å². The first-order valence-electron chi connectivity index (χ1n) is 6.96. The Bertz CT molecular complexity index is 376. The molecule has 0 aliphatic heterocycles. The summed E-state index contributed by atoms with van der Waals surface area (Å²) >= 11 is 0. The number of ether oxygens (including phenoxy) is 1. The maximum absolute atomic E-state index is 5.74. The van der Waals surface area contributed by atoms with Gasteiger partial charge in [0, 0.05) is 61.8 Å². The monoisotopic (exact) mass is 279 g/mol. The molecule has 0 amide bonds. The number of nitrogens with zero attached hydrogens (tertiary/aromatic N) is 3. The summed E-state index contributed by atoms with van der Waals surface area (Å²) in [6, 6.07) is 0. The van der Waals surface area contributed by atoms with Crippen LogP contribution in [0.3, 0.4) is 0 Å². The van der Waals surface area contributed by atoms with Crippen LogP contribution in [0.1, 0.15) is 12.8 Å². The summed E-state index contributed by atoms with van der Waals surface area (Å²) < 4.78 is 5.74. The van der Waals surface area contributed by atoms with Gasteiger partial charge >= 0.3 is 0 Å². The van der Waals surface area contributed by atoms with Crippen LogP contribution in [0.2, 0.25) is 0 Å². The van der Waals surface area contributed by atoms with Gasteiger partial charge in [-0.15, -0.1) is 0 Å². The molecule has 0 aromatic carbocycles. The zero-order chi connectivity index (χ0) is 15.3. The molecule has 0 aromatic heterocycles. The summed E-state index contributed by atoms with van der Waals surface area (Å²) in [5, 5.41) is 0. The van der Waals surface area contributed by atoms with Crippen molar-refractivity contribution in [2.24, 2.45) is 0 Å². The number of allylic oxidation sites excluding steroid dienone is 1. The lowest BCUT2D eigenvalue weighted by molar-refractivity contribution is 0.148. The average Bonchev–Trinajstić information content (AvgIpc) is 2.26. The van der Waals surface area contributed by atoms with E-state index in [1.807, 2.05) is 0 Å². The molecule has 0 bridgehead atoms. The van der Waals surface area contributed by atoms with Crippen LogP contribution >= 0.6 is 0 Å². The van der Waals surface area contributed by atoms with Crippen molar-refractivity contribution >= 4 is 0 Å². The summed E-state index contributed by atoms with van der Waals surface area (Å²) in [5.74, 6) is 0. The molecule has 0 saturated heterocycles. The molecule has 4 heteroatoms. The van der Waals surface area contributed by atoms with Gasteiger partial charge in [-0.1, -0.05) is 0 Å². The number of hydrogen-bond donors (Lipinski definition) is 0. The number of methoxy groups -OCH3 is 1. The molecule has 1 atom stereocenters. The smallest absolute Gasteiger partial charge is 0.103 e. The molecule has 1 aliphatic carbocycles. The topological polar surface area (TPSA) is 19.0 Å². The molecule has 0 aromatic rings. The summed E-state index contributed by atoms with van der Waals surface area (Å²) in [6.07, 6.45) is 8.61. The highest BCUT2D eigenvalue weighted by molar-refractivity contribution is 5.36. The molecule has 1 unspecified atom stereocenters. The van der Waals surface area contributed by atoms with Gasteiger partial charge < -0.3 is 19.4 Å². The van der Waals surface area contributed by atoms with Crippen LogP contribution in [0.4, 0.5) is 0 Å². The highest BCUT2D eigenvalue weighted by atomic mass is 16.5. The van der Waals surface area contributed by atoms with Crippen molar-refractivity contribution in [3.8, 4) is 0 Å². The first-order valence-corrected chi connectivity index (χ1v) is 6.96. The van der Waals surface area contributed by atoms with E-state index < -0.39 is 0 Å². The van der Waals surface area contributed by atoms with Gasteiger partial charge in [0.25, 0.3) is 0 Å². The lowest BCUT2D eigenvalue weighted by Gasteiger charge is -2.31. The second-order valence-electron chi connectivity index (χ2n) is 6.06. The molecular formula is C16H29N3O. The van der Waals surface area contributed by atoms with E-state index in [9.17, 15) is 0 Å². The van der Waals surface area contributed by atoms with E-state index in [2.05, 4.69) is 75.6 Å². The quantitative estimate of drug-likeness (QED) is 0.784. The van der Waals surface area contributed by atoms with Crippen LogP contribution in [-0.2, 0) is 4.74 Å². The molecule has 1 fully saturated rings. The predicted octanol–water partition coefficient (Wildman–Crippen LogP) is 2.13. The summed E-state index contributed by atoms with van der Waals surface area (Å²) in [5.41, 5.74) is 4.04. The maximum Gasteiger partial charge on any atom is 0.103 e. The van der Waals surface area contributed by atoms with Crippen molar-refractivity contribution in [2.75, 3.05) is 49.4 Å². The highest BCUT2D eigenvalue weighted by Gasteiger charge is 2.26. The largest absolute Gasteiger partial charge is 0.384 e. The minimum Gasteiger partial charge on any atom is -0.384 e. The Hall–Kier alpha value is -1.42. The van der Waals surface area contributed by atoms with Crippen molar-refractivity contribution in [2.45, 2.75) is 18.9 Å². The molecule has 1 rings (SSSR count). The van der Waals surface area contributed by atoms with E-state index >= 15 is 0 Å². The molecule has 1 saturated carbocycles. The van der Waals surface area contributed by atoms with Gasteiger partial charge in [-0.05, 0) is 35.8 Å². The van der Waals surface area contributed by atoms with Gasteiger partial charge in [-0.3, -0.25) is 0 Å². The van der Waals surface area contributed by atoms with Crippen LogP contribution in [0, 0.1) is 0 Å². The minimum atomic E-state index is 0.0825. The van der Waals surface area contributed by atoms with E-state index in [-0.39, 0.29) is 6.10 Å². The van der Waals surface area contributed by atoms with Crippen molar-refractivity contribution in [1.29, 1.82) is 0 Å². The van der Waals surface area contributed by atoms with E-state index in [1.165, 1.54) is 16.7 Å². The average molecular weight is 279 g/mol. The Kier molecular flexibility index (Phi) is 6.14. The fraction of sp³-hybridized carbons (Fsp3) is 0.625. The van der Waals surface area contributed by atoms with Crippen molar-refractivity contribution < 1.29 is 4.74 Å². The molecular weight excluding hydrogens is 250 g/mol. The Morgan fingerprint density at radius 1 is 0.800 bits per heavy atom. The zero-order valence-corrected chi connectivity index (χ0v) is 14.0. The number of hydrogen-bond acceptors (Lipinski definition) is 4. The van der Waals surface area contributed by atoms with Crippen LogP contribution < -0.4 is 0 Å². The normalized spacial score (nSPS) is 25.4. The van der Waals surface area contributed by atoms with Crippen LogP contribution in [0.5, 0.6) is 0 Å². The third kappa shape index (κ3) is 4.93. The van der Waals surface area contributed by atoms with Gasteiger partial charge in [0.15, 0.2) is 0 Å². The second kappa shape index (κ2) is 7.39. The first kappa shape index (κ1) is 16.6. The summed E-state index contributed by atoms with van der Waals surface area (Å²) in [7, 11) is 14.1. The summed E-state index contributed by atoms with van der Waals surface area (Å²) in [6.45, 7) is 0. The number of rotatable bonds is 4. The molecule has 114 valence electrons. The highest BCUT2D eigenvalue weighted by Crippen LogP contribution is 2.34. The van der Waals surface area contributed by atoms with E-state index in [0.717, 1.165) is 12.8 Å².